The Bertz CT molecular complexity index is 871. The summed E-state index contributed by atoms with van der Waals surface area (Å²) in [6.07, 6.45) is 0.885. The normalized spacial score (nSPS) is 12.9. The number of hydrogen-bond donors (Lipinski definition) is 1. The van der Waals surface area contributed by atoms with E-state index in [-0.39, 0.29) is 10.9 Å². The van der Waals surface area contributed by atoms with E-state index in [4.69, 9.17) is 0 Å². The first kappa shape index (κ1) is 16.9. The van der Waals surface area contributed by atoms with Gasteiger partial charge in [0.25, 0.3) is 0 Å². The Morgan fingerprint density at radius 1 is 0.958 bits per heavy atom. The molecule has 3 nitrogen and oxygen atoms in total. The molecule has 0 bridgehead atoms. The van der Waals surface area contributed by atoms with Crippen LogP contribution in [0.5, 0.6) is 0 Å². The van der Waals surface area contributed by atoms with E-state index in [1.807, 2.05) is 66.9 Å². The van der Waals surface area contributed by atoms with E-state index in [1.54, 1.807) is 23.5 Å². The van der Waals surface area contributed by atoms with Crippen LogP contribution >= 0.6 is 11.3 Å². The molecule has 24 heavy (non-hydrogen) atoms. The van der Waals surface area contributed by atoms with Crippen LogP contribution in [0.25, 0.3) is 0 Å². The van der Waals surface area contributed by atoms with Crippen LogP contribution in [0.15, 0.2) is 77.0 Å². The SMILES string of the molecule is CCc1ccc(S(=O)(=O)NC(c2ccccc2)c2cccs2)cc1. The van der Waals surface area contributed by atoms with E-state index in [9.17, 15) is 8.42 Å². The summed E-state index contributed by atoms with van der Waals surface area (Å²) in [6, 6.07) is 20.2. The first-order valence-corrected chi connectivity index (χ1v) is 10.2. The molecule has 0 amide bonds. The van der Waals surface area contributed by atoms with Gasteiger partial charge >= 0.3 is 0 Å². The van der Waals surface area contributed by atoms with Crippen molar-refractivity contribution in [3.8, 4) is 0 Å². The highest BCUT2D eigenvalue weighted by atomic mass is 32.2. The second-order valence-corrected chi connectivity index (χ2v) is 8.17. The lowest BCUT2D eigenvalue weighted by atomic mass is 10.1. The second-order valence-electron chi connectivity index (χ2n) is 5.48. The van der Waals surface area contributed by atoms with Crippen LogP contribution in [-0.4, -0.2) is 8.42 Å². The highest BCUT2D eigenvalue weighted by Crippen LogP contribution is 2.28. The van der Waals surface area contributed by atoms with E-state index in [1.165, 1.54) is 0 Å². The molecule has 1 heterocycles. The lowest BCUT2D eigenvalue weighted by molar-refractivity contribution is 0.573. The maximum atomic E-state index is 12.8. The largest absolute Gasteiger partial charge is 0.241 e. The first-order chi connectivity index (χ1) is 11.6. The zero-order valence-corrected chi connectivity index (χ0v) is 15.0. The third kappa shape index (κ3) is 3.75. The van der Waals surface area contributed by atoms with Crippen molar-refractivity contribution in [2.75, 3.05) is 0 Å². The Hall–Kier alpha value is -1.95. The fourth-order valence-corrected chi connectivity index (χ4v) is 4.60. The third-order valence-corrected chi connectivity index (χ3v) is 6.25. The van der Waals surface area contributed by atoms with Crippen molar-refractivity contribution in [2.45, 2.75) is 24.3 Å². The van der Waals surface area contributed by atoms with Gasteiger partial charge in [-0.1, -0.05) is 55.5 Å². The van der Waals surface area contributed by atoms with Crippen molar-refractivity contribution >= 4 is 21.4 Å². The number of hydrogen-bond acceptors (Lipinski definition) is 3. The molecular formula is C19H19NO2S2. The maximum absolute atomic E-state index is 12.8. The fourth-order valence-electron chi connectivity index (χ4n) is 2.52. The Labute approximate surface area is 147 Å². The van der Waals surface area contributed by atoms with Gasteiger partial charge in [-0.2, -0.15) is 4.72 Å². The van der Waals surface area contributed by atoms with Crippen LogP contribution in [0.3, 0.4) is 0 Å². The van der Waals surface area contributed by atoms with Gasteiger partial charge in [0.15, 0.2) is 0 Å². The minimum atomic E-state index is -3.60. The Morgan fingerprint density at radius 3 is 2.25 bits per heavy atom. The lowest BCUT2D eigenvalue weighted by Gasteiger charge is -2.18. The highest BCUT2D eigenvalue weighted by molar-refractivity contribution is 7.89. The van der Waals surface area contributed by atoms with Crippen LogP contribution < -0.4 is 4.72 Å². The topological polar surface area (TPSA) is 46.2 Å². The Balaban J connectivity index is 1.94. The molecular weight excluding hydrogens is 338 g/mol. The molecule has 0 saturated carbocycles. The fraction of sp³-hybridized carbons (Fsp3) is 0.158. The Kier molecular flexibility index (Phi) is 5.14. The van der Waals surface area contributed by atoms with Gasteiger partial charge in [0.1, 0.15) is 0 Å². The summed E-state index contributed by atoms with van der Waals surface area (Å²) in [5.74, 6) is 0. The molecule has 3 rings (SSSR count). The van der Waals surface area contributed by atoms with E-state index >= 15 is 0 Å². The van der Waals surface area contributed by atoms with Crippen LogP contribution in [0, 0.1) is 0 Å². The van der Waals surface area contributed by atoms with Crippen LogP contribution in [0.2, 0.25) is 0 Å². The minimum Gasteiger partial charge on any atom is -0.207 e. The zero-order chi connectivity index (χ0) is 17.0. The molecule has 1 aromatic heterocycles. The standard InChI is InChI=1S/C19H19NO2S2/c1-2-15-10-12-17(13-11-15)24(21,22)20-19(18-9-6-14-23-18)16-7-4-3-5-8-16/h3-14,19-20H,2H2,1H3. The molecule has 5 heteroatoms. The van der Waals surface area contributed by atoms with E-state index in [0.29, 0.717) is 0 Å². The predicted octanol–water partition coefficient (Wildman–Crippen LogP) is 4.38. The van der Waals surface area contributed by atoms with Gasteiger partial charge in [0.2, 0.25) is 10.0 Å². The number of nitrogens with one attached hydrogen (secondary N) is 1. The number of benzene rings is 2. The molecule has 0 aliphatic heterocycles. The van der Waals surface area contributed by atoms with Crippen LogP contribution in [0.1, 0.15) is 29.0 Å². The summed E-state index contributed by atoms with van der Waals surface area (Å²) < 4.78 is 28.5. The number of aryl methyl sites for hydroxylation is 1. The van der Waals surface area contributed by atoms with Gasteiger partial charge in [-0.15, -0.1) is 11.3 Å². The van der Waals surface area contributed by atoms with Crippen molar-refractivity contribution < 1.29 is 8.42 Å². The summed E-state index contributed by atoms with van der Waals surface area (Å²) >= 11 is 1.54. The van der Waals surface area contributed by atoms with Gasteiger partial charge in [0, 0.05) is 4.88 Å². The summed E-state index contributed by atoms with van der Waals surface area (Å²) in [5.41, 5.74) is 2.04. The predicted molar refractivity (Wildman–Crippen MR) is 98.7 cm³/mol. The second kappa shape index (κ2) is 7.30. The molecule has 0 fully saturated rings. The smallest absolute Gasteiger partial charge is 0.207 e. The van der Waals surface area contributed by atoms with Crippen molar-refractivity contribution in [1.82, 2.24) is 4.72 Å². The van der Waals surface area contributed by atoms with E-state index < -0.39 is 10.0 Å². The van der Waals surface area contributed by atoms with Gasteiger partial charge in [-0.25, -0.2) is 8.42 Å². The molecule has 1 atom stereocenters. The molecule has 1 unspecified atom stereocenters. The lowest BCUT2D eigenvalue weighted by Crippen LogP contribution is -2.29. The Morgan fingerprint density at radius 2 is 1.67 bits per heavy atom. The average molecular weight is 358 g/mol. The average Bonchev–Trinajstić information content (AvgIpc) is 3.15. The number of rotatable bonds is 6. The van der Waals surface area contributed by atoms with Crippen molar-refractivity contribution in [3.05, 3.63) is 88.1 Å². The summed E-state index contributed by atoms with van der Waals surface area (Å²) in [6.45, 7) is 2.05. The van der Waals surface area contributed by atoms with Crippen molar-refractivity contribution in [2.24, 2.45) is 0 Å². The van der Waals surface area contributed by atoms with Gasteiger partial charge in [-0.3, -0.25) is 0 Å². The molecule has 0 saturated heterocycles. The van der Waals surface area contributed by atoms with Crippen molar-refractivity contribution in [1.29, 1.82) is 0 Å². The van der Waals surface area contributed by atoms with Crippen LogP contribution in [0.4, 0.5) is 0 Å². The van der Waals surface area contributed by atoms with Crippen molar-refractivity contribution in [3.63, 3.8) is 0 Å². The molecule has 0 spiro atoms. The maximum Gasteiger partial charge on any atom is 0.241 e. The molecule has 0 aliphatic carbocycles. The molecule has 0 aliphatic rings. The van der Waals surface area contributed by atoms with E-state index in [2.05, 4.69) is 4.72 Å². The van der Waals surface area contributed by atoms with Crippen LogP contribution in [-0.2, 0) is 16.4 Å². The van der Waals surface area contributed by atoms with E-state index in [0.717, 1.165) is 22.4 Å². The number of sulfonamides is 1. The molecule has 124 valence electrons. The third-order valence-electron chi connectivity index (χ3n) is 3.88. The minimum absolute atomic E-state index is 0.289. The van der Waals surface area contributed by atoms with Gasteiger partial charge in [-0.05, 0) is 41.1 Å². The summed E-state index contributed by atoms with van der Waals surface area (Å²) in [7, 11) is -3.60. The zero-order valence-electron chi connectivity index (χ0n) is 13.3. The molecule has 2 aromatic carbocycles. The monoisotopic (exact) mass is 357 g/mol. The molecule has 0 radical (unpaired) electrons. The van der Waals surface area contributed by atoms with Gasteiger partial charge < -0.3 is 0 Å². The molecule has 1 N–H and O–H groups in total. The quantitative estimate of drug-likeness (QED) is 0.712. The summed E-state index contributed by atoms with van der Waals surface area (Å²) in [4.78, 5) is 1.26. The first-order valence-electron chi connectivity index (χ1n) is 7.80. The number of thiophene rings is 1. The highest BCUT2D eigenvalue weighted by Gasteiger charge is 2.23. The summed E-state index contributed by atoms with van der Waals surface area (Å²) in [5, 5.41) is 1.95. The van der Waals surface area contributed by atoms with Gasteiger partial charge in [0.05, 0.1) is 10.9 Å². The molecule has 3 aromatic rings.